The van der Waals surface area contributed by atoms with Crippen molar-refractivity contribution in [3.05, 3.63) is 16.1 Å². The van der Waals surface area contributed by atoms with Crippen LogP contribution in [0.1, 0.15) is 57.5 Å². The highest BCUT2D eigenvalue weighted by atomic mass is 32.1. The van der Waals surface area contributed by atoms with Crippen LogP contribution in [0.15, 0.2) is 5.38 Å². The second-order valence-corrected chi connectivity index (χ2v) is 5.99. The zero-order valence-electron chi connectivity index (χ0n) is 10.8. The molecule has 3 nitrogen and oxygen atoms in total. The van der Waals surface area contributed by atoms with Gasteiger partial charge in [-0.1, -0.05) is 20.8 Å². The molecule has 16 heavy (non-hydrogen) atoms. The van der Waals surface area contributed by atoms with E-state index in [1.54, 1.807) is 11.3 Å². The fourth-order valence-corrected chi connectivity index (χ4v) is 2.70. The van der Waals surface area contributed by atoms with Crippen molar-refractivity contribution in [2.24, 2.45) is 11.1 Å². The van der Waals surface area contributed by atoms with E-state index in [9.17, 15) is 0 Å². The third-order valence-corrected chi connectivity index (χ3v) is 3.26. The standard InChI is InChI=1S/C12H22N2OS/c1-6-15-10(12(3,4)5)11-14-9(7-16-11)8(2)13/h7-8,10H,6,13H2,1-5H3. The van der Waals surface area contributed by atoms with Gasteiger partial charge in [0.05, 0.1) is 5.69 Å². The second-order valence-electron chi connectivity index (χ2n) is 5.10. The maximum absolute atomic E-state index is 5.81. The molecule has 1 aromatic rings. The Morgan fingerprint density at radius 3 is 2.50 bits per heavy atom. The maximum Gasteiger partial charge on any atom is 0.122 e. The fourth-order valence-electron chi connectivity index (χ4n) is 1.49. The molecule has 0 fully saturated rings. The Hall–Kier alpha value is -0.450. The zero-order valence-corrected chi connectivity index (χ0v) is 11.6. The third-order valence-electron chi connectivity index (χ3n) is 2.35. The Labute approximate surface area is 102 Å². The summed E-state index contributed by atoms with van der Waals surface area (Å²) in [5.41, 5.74) is 6.82. The Kier molecular flexibility index (Phi) is 4.47. The lowest BCUT2D eigenvalue weighted by atomic mass is 9.89. The number of hydrogen-bond acceptors (Lipinski definition) is 4. The first-order valence-electron chi connectivity index (χ1n) is 5.68. The topological polar surface area (TPSA) is 48.1 Å². The van der Waals surface area contributed by atoms with Crippen molar-refractivity contribution in [1.82, 2.24) is 4.98 Å². The van der Waals surface area contributed by atoms with Gasteiger partial charge in [-0.2, -0.15) is 0 Å². The van der Waals surface area contributed by atoms with Crippen LogP contribution in [0.5, 0.6) is 0 Å². The first-order valence-corrected chi connectivity index (χ1v) is 6.56. The normalized spacial score (nSPS) is 16.1. The van der Waals surface area contributed by atoms with E-state index in [0.29, 0.717) is 6.61 Å². The average molecular weight is 242 g/mol. The number of thiazole rings is 1. The Balaban J connectivity index is 2.93. The number of nitrogens with two attached hydrogens (primary N) is 1. The Bertz CT molecular complexity index is 328. The van der Waals surface area contributed by atoms with Crippen LogP contribution in [0, 0.1) is 5.41 Å². The van der Waals surface area contributed by atoms with Crippen molar-refractivity contribution >= 4 is 11.3 Å². The first kappa shape index (κ1) is 13.6. The zero-order chi connectivity index (χ0) is 12.3. The van der Waals surface area contributed by atoms with Crippen LogP contribution in [0.25, 0.3) is 0 Å². The lowest BCUT2D eigenvalue weighted by Gasteiger charge is -2.28. The van der Waals surface area contributed by atoms with Crippen molar-refractivity contribution in [3.8, 4) is 0 Å². The summed E-state index contributed by atoms with van der Waals surface area (Å²) < 4.78 is 5.79. The predicted octanol–water partition coefficient (Wildman–Crippen LogP) is 3.29. The van der Waals surface area contributed by atoms with Crippen molar-refractivity contribution in [2.75, 3.05) is 6.61 Å². The number of rotatable bonds is 4. The van der Waals surface area contributed by atoms with Crippen molar-refractivity contribution in [1.29, 1.82) is 0 Å². The van der Waals surface area contributed by atoms with E-state index in [1.807, 2.05) is 19.2 Å². The van der Waals surface area contributed by atoms with Crippen LogP contribution in [0.3, 0.4) is 0 Å². The molecule has 0 aliphatic rings. The molecule has 2 N–H and O–H groups in total. The summed E-state index contributed by atoms with van der Waals surface area (Å²) in [6.45, 7) is 11.2. The molecule has 1 aromatic heterocycles. The summed E-state index contributed by atoms with van der Waals surface area (Å²) >= 11 is 1.64. The van der Waals surface area contributed by atoms with Crippen LogP contribution in [0.2, 0.25) is 0 Å². The van der Waals surface area contributed by atoms with E-state index >= 15 is 0 Å². The first-order chi connectivity index (χ1) is 7.36. The molecule has 1 heterocycles. The fraction of sp³-hybridized carbons (Fsp3) is 0.750. The Morgan fingerprint density at radius 1 is 1.50 bits per heavy atom. The molecule has 0 aliphatic heterocycles. The van der Waals surface area contributed by atoms with Crippen LogP contribution in [0.4, 0.5) is 0 Å². The van der Waals surface area contributed by atoms with Crippen molar-refractivity contribution in [3.63, 3.8) is 0 Å². The highest BCUT2D eigenvalue weighted by molar-refractivity contribution is 7.09. The van der Waals surface area contributed by atoms with Gasteiger partial charge in [-0.25, -0.2) is 4.98 Å². The molecule has 4 heteroatoms. The highest BCUT2D eigenvalue weighted by Crippen LogP contribution is 2.37. The van der Waals surface area contributed by atoms with E-state index in [4.69, 9.17) is 10.5 Å². The third kappa shape index (κ3) is 3.27. The van der Waals surface area contributed by atoms with Gasteiger partial charge in [0, 0.05) is 18.0 Å². The molecule has 92 valence electrons. The van der Waals surface area contributed by atoms with Crippen LogP contribution < -0.4 is 5.73 Å². The molecular weight excluding hydrogens is 220 g/mol. The van der Waals surface area contributed by atoms with Crippen molar-refractivity contribution < 1.29 is 4.74 Å². The monoisotopic (exact) mass is 242 g/mol. The lowest BCUT2D eigenvalue weighted by Crippen LogP contribution is -2.21. The van der Waals surface area contributed by atoms with Gasteiger partial charge in [0.1, 0.15) is 11.1 Å². The summed E-state index contributed by atoms with van der Waals surface area (Å²) in [4.78, 5) is 4.56. The van der Waals surface area contributed by atoms with Gasteiger partial charge in [0.15, 0.2) is 0 Å². The van der Waals surface area contributed by atoms with Gasteiger partial charge >= 0.3 is 0 Å². The smallest absolute Gasteiger partial charge is 0.122 e. The van der Waals surface area contributed by atoms with E-state index in [-0.39, 0.29) is 17.6 Å². The molecule has 0 saturated carbocycles. The van der Waals surface area contributed by atoms with Gasteiger partial charge in [-0.05, 0) is 19.3 Å². The van der Waals surface area contributed by atoms with E-state index in [0.717, 1.165) is 10.7 Å². The molecule has 0 radical (unpaired) electrons. The van der Waals surface area contributed by atoms with E-state index in [2.05, 4.69) is 25.8 Å². The SMILES string of the molecule is CCOC(c1nc(C(C)N)cs1)C(C)(C)C. The van der Waals surface area contributed by atoms with Crippen molar-refractivity contribution in [2.45, 2.75) is 46.8 Å². The van der Waals surface area contributed by atoms with Gasteiger partial charge < -0.3 is 10.5 Å². The molecule has 0 aliphatic carbocycles. The van der Waals surface area contributed by atoms with Crippen LogP contribution in [-0.4, -0.2) is 11.6 Å². The summed E-state index contributed by atoms with van der Waals surface area (Å²) in [6.07, 6.45) is 0.0509. The molecule has 1 rings (SSSR count). The van der Waals surface area contributed by atoms with Gasteiger partial charge in [0.2, 0.25) is 0 Å². The molecular formula is C12H22N2OS. The maximum atomic E-state index is 5.81. The van der Waals surface area contributed by atoms with E-state index < -0.39 is 0 Å². The van der Waals surface area contributed by atoms with Crippen LogP contribution in [-0.2, 0) is 4.74 Å². The average Bonchev–Trinajstić information content (AvgIpc) is 2.60. The summed E-state index contributed by atoms with van der Waals surface area (Å²) in [5, 5.41) is 3.05. The molecule has 0 aromatic carbocycles. The summed E-state index contributed by atoms with van der Waals surface area (Å²) in [7, 11) is 0. The van der Waals surface area contributed by atoms with Gasteiger partial charge in [0.25, 0.3) is 0 Å². The minimum atomic E-state index is -0.00718. The predicted molar refractivity (Wildman–Crippen MR) is 68.5 cm³/mol. The second kappa shape index (κ2) is 5.25. The number of ether oxygens (including phenoxy) is 1. The molecule has 0 amide bonds. The van der Waals surface area contributed by atoms with Gasteiger partial charge in [-0.3, -0.25) is 0 Å². The molecule has 0 spiro atoms. The van der Waals surface area contributed by atoms with E-state index in [1.165, 1.54) is 0 Å². The highest BCUT2D eigenvalue weighted by Gasteiger charge is 2.29. The summed E-state index contributed by atoms with van der Waals surface area (Å²) in [6, 6.07) is -0.00718. The Morgan fingerprint density at radius 2 is 2.12 bits per heavy atom. The number of hydrogen-bond donors (Lipinski definition) is 1. The number of nitrogens with zero attached hydrogens (tertiary/aromatic N) is 1. The minimum absolute atomic E-state index is 0.00718. The lowest BCUT2D eigenvalue weighted by molar-refractivity contribution is -0.0134. The van der Waals surface area contributed by atoms with Crippen LogP contribution >= 0.6 is 11.3 Å². The molecule has 2 unspecified atom stereocenters. The number of aromatic nitrogens is 1. The molecule has 2 atom stereocenters. The molecule has 0 saturated heterocycles. The minimum Gasteiger partial charge on any atom is -0.371 e. The molecule has 0 bridgehead atoms. The quantitative estimate of drug-likeness (QED) is 0.881. The summed E-state index contributed by atoms with van der Waals surface area (Å²) in [5.74, 6) is 0. The van der Waals surface area contributed by atoms with Gasteiger partial charge in [-0.15, -0.1) is 11.3 Å². The largest absolute Gasteiger partial charge is 0.371 e.